The molecule has 1 aliphatic heterocycles. The number of benzene rings is 1. The average Bonchev–Trinajstić information content (AvgIpc) is 3.03. The Morgan fingerprint density at radius 1 is 1.14 bits per heavy atom. The number of nitrogens with one attached hydrogen (secondary N) is 2. The normalized spacial score (nSPS) is 17.0. The van der Waals surface area contributed by atoms with Crippen molar-refractivity contribution in [2.75, 3.05) is 45.7 Å². The number of carbonyl (C=O) groups excluding carboxylic acids is 1. The maximum absolute atomic E-state index is 12.3. The molecule has 1 aromatic carbocycles. The van der Waals surface area contributed by atoms with Crippen molar-refractivity contribution >= 4 is 41.5 Å². The maximum Gasteiger partial charge on any atom is 0.229 e. The zero-order chi connectivity index (χ0) is 19.5. The van der Waals surface area contributed by atoms with Crippen molar-refractivity contribution in [2.45, 2.75) is 44.6 Å². The fourth-order valence-electron chi connectivity index (χ4n) is 3.34. The molecule has 2 N–H and O–H groups in total. The molecule has 1 fully saturated rings. The molecule has 1 aromatic rings. The van der Waals surface area contributed by atoms with Crippen molar-refractivity contribution in [1.29, 1.82) is 0 Å². The lowest BCUT2D eigenvalue weighted by Crippen LogP contribution is -2.44. The van der Waals surface area contributed by atoms with Crippen LogP contribution in [0.1, 0.15) is 38.5 Å². The van der Waals surface area contributed by atoms with Gasteiger partial charge in [-0.25, -0.2) is 0 Å². The molecule has 1 aliphatic rings. The van der Waals surface area contributed by atoms with Crippen LogP contribution < -0.4 is 15.5 Å². The van der Waals surface area contributed by atoms with E-state index in [0.29, 0.717) is 13.0 Å². The fourth-order valence-corrected chi connectivity index (χ4v) is 3.34. The molecule has 0 aromatic heterocycles. The third-order valence-electron chi connectivity index (χ3n) is 4.83. The number of aliphatic imine (C=N–C) groups is 1. The van der Waals surface area contributed by atoms with Gasteiger partial charge < -0.3 is 20.4 Å². The summed E-state index contributed by atoms with van der Waals surface area (Å²) in [6.07, 6.45) is 6.73. The Hall–Kier alpha value is -1.35. The highest BCUT2D eigenvalue weighted by atomic mass is 127. The van der Waals surface area contributed by atoms with E-state index in [0.717, 1.165) is 24.6 Å². The molecule has 2 rings (SSSR count). The minimum atomic E-state index is 0. The number of amides is 1. The zero-order valence-corrected chi connectivity index (χ0v) is 19.8. The highest BCUT2D eigenvalue weighted by Gasteiger charge is 2.30. The molecule has 0 saturated carbocycles. The van der Waals surface area contributed by atoms with Crippen LogP contribution in [0.3, 0.4) is 0 Å². The van der Waals surface area contributed by atoms with Crippen LogP contribution in [-0.2, 0) is 4.79 Å². The fraction of sp³-hybridized carbons (Fsp3) is 0.619. The molecule has 1 atom stereocenters. The monoisotopic (exact) mass is 501 g/mol. The summed E-state index contributed by atoms with van der Waals surface area (Å²) in [6.45, 7) is 2.76. The van der Waals surface area contributed by atoms with Crippen LogP contribution >= 0.6 is 24.0 Å². The van der Waals surface area contributed by atoms with Crippen LogP contribution in [0.4, 0.5) is 5.69 Å². The van der Waals surface area contributed by atoms with Gasteiger partial charge in [-0.1, -0.05) is 37.5 Å². The first-order valence-corrected chi connectivity index (χ1v) is 10.1. The Bertz CT molecular complexity index is 594. The summed E-state index contributed by atoms with van der Waals surface area (Å²) in [7, 11) is 6.03. The SMILES string of the molecule is CN=C(NCCCCCCCN(C)C)NC1CC(=O)N(c2ccccc2)C1.I. The van der Waals surface area contributed by atoms with Crippen molar-refractivity contribution in [1.82, 2.24) is 15.5 Å². The molecule has 7 heteroatoms. The van der Waals surface area contributed by atoms with Crippen molar-refractivity contribution < 1.29 is 4.79 Å². The van der Waals surface area contributed by atoms with E-state index in [1.807, 2.05) is 35.2 Å². The zero-order valence-electron chi connectivity index (χ0n) is 17.5. The van der Waals surface area contributed by atoms with E-state index >= 15 is 0 Å². The number of hydrogen-bond acceptors (Lipinski definition) is 3. The second-order valence-corrected chi connectivity index (χ2v) is 7.46. The Balaban J connectivity index is 0.00000392. The number of rotatable bonds is 10. The average molecular weight is 501 g/mol. The van der Waals surface area contributed by atoms with E-state index in [4.69, 9.17) is 0 Å². The van der Waals surface area contributed by atoms with Gasteiger partial charge in [0.15, 0.2) is 5.96 Å². The van der Waals surface area contributed by atoms with Gasteiger partial charge >= 0.3 is 0 Å². The van der Waals surface area contributed by atoms with E-state index in [1.54, 1.807) is 7.05 Å². The van der Waals surface area contributed by atoms with Gasteiger partial charge in [-0.15, -0.1) is 24.0 Å². The summed E-state index contributed by atoms with van der Waals surface area (Å²) in [5.74, 6) is 0.946. The molecule has 1 amide bonds. The van der Waals surface area contributed by atoms with Crippen molar-refractivity contribution in [3.8, 4) is 0 Å². The number of guanidine groups is 1. The minimum Gasteiger partial charge on any atom is -0.356 e. The van der Waals surface area contributed by atoms with E-state index < -0.39 is 0 Å². The number of nitrogens with zero attached hydrogens (tertiary/aromatic N) is 3. The van der Waals surface area contributed by atoms with Gasteiger partial charge in [0.05, 0.1) is 6.04 Å². The molecule has 28 heavy (non-hydrogen) atoms. The topological polar surface area (TPSA) is 60.0 Å². The summed E-state index contributed by atoms with van der Waals surface area (Å²) in [5.41, 5.74) is 0.962. The third kappa shape index (κ3) is 8.77. The van der Waals surface area contributed by atoms with Gasteiger partial charge in [0.25, 0.3) is 0 Å². The number of unbranched alkanes of at least 4 members (excludes halogenated alkanes) is 4. The third-order valence-corrected chi connectivity index (χ3v) is 4.83. The van der Waals surface area contributed by atoms with Gasteiger partial charge in [-0.2, -0.15) is 0 Å². The van der Waals surface area contributed by atoms with Gasteiger partial charge in [0, 0.05) is 32.2 Å². The van der Waals surface area contributed by atoms with Crippen LogP contribution in [0.5, 0.6) is 0 Å². The summed E-state index contributed by atoms with van der Waals surface area (Å²) in [4.78, 5) is 20.7. The smallest absolute Gasteiger partial charge is 0.229 e. The number of anilines is 1. The van der Waals surface area contributed by atoms with Crippen molar-refractivity contribution in [3.05, 3.63) is 30.3 Å². The quantitative estimate of drug-likeness (QED) is 0.224. The molecule has 1 heterocycles. The highest BCUT2D eigenvalue weighted by Crippen LogP contribution is 2.20. The van der Waals surface area contributed by atoms with E-state index in [9.17, 15) is 4.79 Å². The first-order valence-electron chi connectivity index (χ1n) is 10.1. The molecule has 0 aliphatic carbocycles. The van der Waals surface area contributed by atoms with Crippen molar-refractivity contribution in [3.63, 3.8) is 0 Å². The van der Waals surface area contributed by atoms with Crippen LogP contribution in [0.15, 0.2) is 35.3 Å². The van der Waals surface area contributed by atoms with Gasteiger partial charge in [-0.3, -0.25) is 9.79 Å². The standard InChI is InChI=1S/C21H35N5O.HI/c1-22-21(23-14-10-5-4-6-11-15-25(2)3)24-18-16-20(27)26(17-18)19-12-8-7-9-13-19;/h7-9,12-13,18H,4-6,10-11,14-17H2,1-3H3,(H2,22,23,24);1H. The lowest BCUT2D eigenvalue weighted by molar-refractivity contribution is -0.117. The number of para-hydroxylation sites is 1. The summed E-state index contributed by atoms with van der Waals surface area (Å²) in [6, 6.07) is 9.94. The minimum absolute atomic E-state index is 0. The van der Waals surface area contributed by atoms with Crippen LogP contribution in [-0.4, -0.2) is 63.6 Å². The number of carbonyl (C=O) groups is 1. The van der Waals surface area contributed by atoms with Gasteiger partial charge in [0.1, 0.15) is 0 Å². The molecular weight excluding hydrogens is 465 g/mol. The van der Waals surface area contributed by atoms with E-state index in [2.05, 4.69) is 34.6 Å². The van der Waals surface area contributed by atoms with Gasteiger partial charge in [0.2, 0.25) is 5.91 Å². The van der Waals surface area contributed by atoms with E-state index in [-0.39, 0.29) is 35.9 Å². The Morgan fingerprint density at radius 2 is 1.82 bits per heavy atom. The lowest BCUT2D eigenvalue weighted by Gasteiger charge is -2.19. The summed E-state index contributed by atoms with van der Waals surface area (Å²) in [5, 5.41) is 6.77. The molecule has 1 unspecified atom stereocenters. The van der Waals surface area contributed by atoms with Gasteiger partial charge in [-0.05, 0) is 45.6 Å². The molecular formula is C21H36IN5O. The van der Waals surface area contributed by atoms with Crippen LogP contribution in [0.25, 0.3) is 0 Å². The van der Waals surface area contributed by atoms with Crippen LogP contribution in [0, 0.1) is 0 Å². The highest BCUT2D eigenvalue weighted by molar-refractivity contribution is 14.0. The molecule has 158 valence electrons. The Morgan fingerprint density at radius 3 is 2.50 bits per heavy atom. The second-order valence-electron chi connectivity index (χ2n) is 7.46. The second kappa shape index (κ2) is 13.8. The lowest BCUT2D eigenvalue weighted by atomic mass is 10.1. The number of hydrogen-bond donors (Lipinski definition) is 2. The van der Waals surface area contributed by atoms with Crippen molar-refractivity contribution in [2.24, 2.45) is 4.99 Å². The Labute approximate surface area is 187 Å². The summed E-state index contributed by atoms with van der Waals surface area (Å²) < 4.78 is 0. The molecule has 6 nitrogen and oxygen atoms in total. The summed E-state index contributed by atoms with van der Waals surface area (Å²) >= 11 is 0. The molecule has 0 bridgehead atoms. The maximum atomic E-state index is 12.3. The number of halogens is 1. The first kappa shape index (κ1) is 24.7. The van der Waals surface area contributed by atoms with E-state index in [1.165, 1.54) is 32.2 Å². The predicted molar refractivity (Wildman–Crippen MR) is 129 cm³/mol. The predicted octanol–water partition coefficient (Wildman–Crippen LogP) is 3.09. The largest absolute Gasteiger partial charge is 0.356 e. The molecule has 0 radical (unpaired) electrons. The Kier molecular flexibility index (Phi) is 12.1. The molecule has 0 spiro atoms. The molecule has 1 saturated heterocycles. The van der Waals surface area contributed by atoms with Crippen LogP contribution in [0.2, 0.25) is 0 Å². The first-order chi connectivity index (χ1) is 13.1.